The van der Waals surface area contributed by atoms with E-state index in [0.29, 0.717) is 5.82 Å². The molecular weight excluding hydrogens is 238 g/mol. The fourth-order valence-corrected chi connectivity index (χ4v) is 2.01. The third kappa shape index (κ3) is 2.35. The van der Waals surface area contributed by atoms with Crippen LogP contribution in [0.1, 0.15) is 35.1 Å². The normalized spacial score (nSPS) is 16.5. The Morgan fingerprint density at radius 1 is 1.44 bits per heavy atom. The van der Waals surface area contributed by atoms with Gasteiger partial charge in [-0.3, -0.25) is 4.79 Å². The van der Waals surface area contributed by atoms with Gasteiger partial charge in [-0.15, -0.1) is 0 Å². The Kier molecular flexibility index (Phi) is 3.61. The van der Waals surface area contributed by atoms with E-state index >= 15 is 0 Å². The summed E-state index contributed by atoms with van der Waals surface area (Å²) in [6, 6.07) is 0. The van der Waals surface area contributed by atoms with Crippen LogP contribution in [0.25, 0.3) is 0 Å². The van der Waals surface area contributed by atoms with Gasteiger partial charge in [-0.05, 0) is 25.9 Å². The van der Waals surface area contributed by atoms with Gasteiger partial charge < -0.3 is 20.1 Å². The summed E-state index contributed by atoms with van der Waals surface area (Å²) in [5, 5.41) is 12.7. The zero-order chi connectivity index (χ0) is 13.1. The summed E-state index contributed by atoms with van der Waals surface area (Å²) in [6.45, 7) is 1.67. The Morgan fingerprint density at radius 3 is 2.72 bits per heavy atom. The van der Waals surface area contributed by atoms with Crippen molar-refractivity contribution in [2.75, 3.05) is 20.2 Å². The summed E-state index contributed by atoms with van der Waals surface area (Å²) in [4.78, 5) is 29.5. The maximum Gasteiger partial charge on any atom is 0.360 e. The average Bonchev–Trinajstić information content (AvgIpc) is 2.41. The molecule has 98 valence electrons. The number of ether oxygens (including phenoxy) is 1. The number of aromatic nitrogens is 2. The van der Waals surface area contributed by atoms with E-state index in [-0.39, 0.29) is 11.6 Å². The zero-order valence-corrected chi connectivity index (χ0v) is 10.0. The van der Waals surface area contributed by atoms with Gasteiger partial charge in [0.15, 0.2) is 5.69 Å². The van der Waals surface area contributed by atoms with Crippen molar-refractivity contribution >= 4 is 5.97 Å². The molecule has 0 unspecified atom stereocenters. The van der Waals surface area contributed by atoms with E-state index in [4.69, 9.17) is 0 Å². The molecule has 1 aliphatic rings. The van der Waals surface area contributed by atoms with Crippen molar-refractivity contribution in [3.63, 3.8) is 0 Å². The Bertz CT molecular complexity index is 506. The number of carbonyl (C=O) groups is 1. The molecule has 18 heavy (non-hydrogen) atoms. The lowest BCUT2D eigenvalue weighted by Crippen LogP contribution is -2.29. The molecule has 1 aliphatic heterocycles. The van der Waals surface area contributed by atoms with Crippen LogP contribution in [0, 0.1) is 0 Å². The third-order valence-electron chi connectivity index (χ3n) is 3.02. The zero-order valence-electron chi connectivity index (χ0n) is 10.0. The van der Waals surface area contributed by atoms with Gasteiger partial charge in [0, 0.05) is 5.92 Å². The van der Waals surface area contributed by atoms with Crippen molar-refractivity contribution in [1.29, 1.82) is 0 Å². The number of piperidine rings is 1. The minimum Gasteiger partial charge on any atom is -0.501 e. The lowest BCUT2D eigenvalue weighted by molar-refractivity contribution is 0.0589. The molecule has 3 N–H and O–H groups in total. The molecule has 0 aliphatic carbocycles. The minimum absolute atomic E-state index is 0.0861. The average molecular weight is 253 g/mol. The smallest absolute Gasteiger partial charge is 0.360 e. The molecule has 1 aromatic heterocycles. The van der Waals surface area contributed by atoms with Gasteiger partial charge in [0.2, 0.25) is 5.75 Å². The minimum atomic E-state index is -0.811. The predicted octanol–water partition coefficient (Wildman–Crippen LogP) is -0.271. The first-order valence-electron chi connectivity index (χ1n) is 5.75. The predicted molar refractivity (Wildman–Crippen MR) is 62.7 cm³/mol. The third-order valence-corrected chi connectivity index (χ3v) is 3.02. The molecule has 7 heteroatoms. The van der Waals surface area contributed by atoms with Crippen LogP contribution in [-0.2, 0) is 4.74 Å². The van der Waals surface area contributed by atoms with Gasteiger partial charge in [0.25, 0.3) is 5.56 Å². The second kappa shape index (κ2) is 5.18. The van der Waals surface area contributed by atoms with Gasteiger partial charge in [-0.1, -0.05) is 0 Å². The quantitative estimate of drug-likeness (QED) is 0.627. The van der Waals surface area contributed by atoms with E-state index in [1.165, 1.54) is 7.11 Å². The summed E-state index contributed by atoms with van der Waals surface area (Å²) in [7, 11) is 1.18. The summed E-state index contributed by atoms with van der Waals surface area (Å²) >= 11 is 0. The van der Waals surface area contributed by atoms with Crippen LogP contribution in [0.5, 0.6) is 5.75 Å². The fourth-order valence-electron chi connectivity index (χ4n) is 2.01. The Balaban J connectivity index is 2.40. The molecule has 0 aromatic carbocycles. The molecule has 1 aromatic rings. The van der Waals surface area contributed by atoms with Gasteiger partial charge >= 0.3 is 5.97 Å². The second-order valence-electron chi connectivity index (χ2n) is 4.16. The Morgan fingerprint density at radius 2 is 2.11 bits per heavy atom. The van der Waals surface area contributed by atoms with E-state index in [1.54, 1.807) is 0 Å². The number of methoxy groups -OCH3 is 1. The van der Waals surface area contributed by atoms with E-state index in [2.05, 4.69) is 20.0 Å². The number of nitrogens with one attached hydrogen (secondary N) is 2. The maximum atomic E-state index is 11.6. The van der Waals surface area contributed by atoms with Crippen LogP contribution >= 0.6 is 0 Å². The topological polar surface area (TPSA) is 104 Å². The molecule has 7 nitrogen and oxygen atoms in total. The molecule has 2 rings (SSSR count). The largest absolute Gasteiger partial charge is 0.501 e. The number of carbonyl (C=O) groups excluding carboxylic acids is 1. The number of hydrogen-bond acceptors (Lipinski definition) is 6. The molecule has 2 heterocycles. The van der Waals surface area contributed by atoms with Gasteiger partial charge in [0.1, 0.15) is 5.82 Å². The fraction of sp³-hybridized carbons (Fsp3) is 0.545. The summed E-state index contributed by atoms with van der Waals surface area (Å²) in [5.41, 5.74) is -1.03. The van der Waals surface area contributed by atoms with Crippen LogP contribution in [0.15, 0.2) is 4.79 Å². The maximum absolute atomic E-state index is 11.6. The highest BCUT2D eigenvalue weighted by Crippen LogP contribution is 2.22. The van der Waals surface area contributed by atoms with Gasteiger partial charge in [-0.2, -0.15) is 0 Å². The van der Waals surface area contributed by atoms with Crippen molar-refractivity contribution < 1.29 is 14.6 Å². The van der Waals surface area contributed by atoms with Crippen molar-refractivity contribution in [1.82, 2.24) is 15.3 Å². The second-order valence-corrected chi connectivity index (χ2v) is 4.16. The number of hydrogen-bond donors (Lipinski definition) is 3. The number of nitrogens with zero attached hydrogens (tertiary/aromatic N) is 1. The molecule has 1 saturated heterocycles. The highest BCUT2D eigenvalue weighted by Gasteiger charge is 2.23. The van der Waals surface area contributed by atoms with Crippen LogP contribution in [0.4, 0.5) is 0 Å². The number of rotatable bonds is 2. The lowest BCUT2D eigenvalue weighted by atomic mass is 9.97. The molecule has 0 amide bonds. The van der Waals surface area contributed by atoms with Gasteiger partial charge in [0.05, 0.1) is 7.11 Å². The number of aromatic amines is 1. The standard InChI is InChI=1S/C11H15N3O4/c1-18-11(17)7-8(15)10(16)14-9(13-7)6-2-4-12-5-3-6/h6,12,15H,2-5H2,1H3,(H,13,14,16). The summed E-state index contributed by atoms with van der Waals surface area (Å²) < 4.78 is 4.49. The Hall–Kier alpha value is -1.89. The van der Waals surface area contributed by atoms with E-state index in [1.807, 2.05) is 0 Å². The van der Waals surface area contributed by atoms with Crippen LogP contribution in [0.3, 0.4) is 0 Å². The molecule has 0 atom stereocenters. The number of aromatic hydroxyl groups is 1. The summed E-state index contributed by atoms with van der Waals surface area (Å²) in [5.74, 6) is -0.990. The molecule has 0 radical (unpaired) electrons. The highest BCUT2D eigenvalue weighted by atomic mass is 16.5. The van der Waals surface area contributed by atoms with E-state index in [0.717, 1.165) is 25.9 Å². The Labute approximate surface area is 103 Å². The first-order valence-corrected chi connectivity index (χ1v) is 5.75. The van der Waals surface area contributed by atoms with Crippen LogP contribution < -0.4 is 10.9 Å². The number of esters is 1. The molecular formula is C11H15N3O4. The summed E-state index contributed by atoms with van der Waals surface area (Å²) in [6.07, 6.45) is 1.66. The molecule has 0 spiro atoms. The van der Waals surface area contributed by atoms with Crippen molar-refractivity contribution in [2.45, 2.75) is 18.8 Å². The first-order chi connectivity index (χ1) is 8.63. The van der Waals surface area contributed by atoms with Crippen molar-refractivity contribution in [3.8, 4) is 5.75 Å². The lowest BCUT2D eigenvalue weighted by Gasteiger charge is -2.21. The highest BCUT2D eigenvalue weighted by molar-refractivity contribution is 5.89. The van der Waals surface area contributed by atoms with Gasteiger partial charge in [-0.25, -0.2) is 9.78 Å². The molecule has 0 saturated carbocycles. The van der Waals surface area contributed by atoms with Crippen LogP contribution in [-0.4, -0.2) is 41.2 Å². The monoisotopic (exact) mass is 253 g/mol. The van der Waals surface area contributed by atoms with Crippen molar-refractivity contribution in [3.05, 3.63) is 21.9 Å². The molecule has 1 fully saturated rings. The molecule has 0 bridgehead atoms. The number of H-pyrrole nitrogens is 1. The van der Waals surface area contributed by atoms with E-state index in [9.17, 15) is 14.7 Å². The van der Waals surface area contributed by atoms with Crippen molar-refractivity contribution in [2.24, 2.45) is 0 Å². The SMILES string of the molecule is COC(=O)c1nc(C2CCNCC2)[nH]c(=O)c1O. The first kappa shape index (κ1) is 12.6. The van der Waals surface area contributed by atoms with E-state index < -0.39 is 17.3 Å². The van der Waals surface area contributed by atoms with Crippen LogP contribution in [0.2, 0.25) is 0 Å².